The molecule has 0 spiro atoms. The van der Waals surface area contributed by atoms with Crippen LogP contribution in [0.1, 0.15) is 17.0 Å². The number of hydrogen-bond acceptors (Lipinski definition) is 4. The Morgan fingerprint density at radius 2 is 2.07 bits per heavy atom. The first-order chi connectivity index (χ1) is 14.2. The van der Waals surface area contributed by atoms with E-state index in [1.54, 1.807) is 13.3 Å². The lowest BCUT2D eigenvalue weighted by molar-refractivity contribution is 0.159. The van der Waals surface area contributed by atoms with Gasteiger partial charge in [0.15, 0.2) is 0 Å². The Kier molecular flexibility index (Phi) is 5.78. The maximum Gasteiger partial charge on any atom is 0.319 e. The molecule has 152 valence electrons. The Bertz CT molecular complexity index is 972. The van der Waals surface area contributed by atoms with Gasteiger partial charge in [-0.3, -0.25) is 10.00 Å². The molecule has 2 amide bonds. The normalized spacial score (nSPS) is 19.5. The van der Waals surface area contributed by atoms with Crippen molar-refractivity contribution in [2.45, 2.75) is 18.9 Å². The second kappa shape index (κ2) is 8.63. The summed E-state index contributed by atoms with van der Waals surface area (Å²) in [4.78, 5) is 15.2. The number of carbonyl (C=O) groups is 1. The number of benzene rings is 2. The third-order valence-electron chi connectivity index (χ3n) is 5.63. The zero-order valence-electron chi connectivity index (χ0n) is 16.8. The van der Waals surface area contributed by atoms with Crippen molar-refractivity contribution in [1.29, 1.82) is 0 Å². The Morgan fingerprint density at radius 1 is 1.24 bits per heavy atom. The molecule has 2 aromatic carbocycles. The highest BCUT2D eigenvalue weighted by molar-refractivity contribution is 6.00. The van der Waals surface area contributed by atoms with E-state index in [0.29, 0.717) is 6.61 Å². The molecular formula is C22H27N5O2. The van der Waals surface area contributed by atoms with Crippen LogP contribution in [0.4, 0.5) is 10.5 Å². The van der Waals surface area contributed by atoms with Crippen molar-refractivity contribution in [1.82, 2.24) is 20.4 Å². The molecule has 3 N–H and O–H groups in total. The van der Waals surface area contributed by atoms with Crippen molar-refractivity contribution in [3.8, 4) is 0 Å². The minimum Gasteiger partial charge on any atom is -0.383 e. The minimum absolute atomic E-state index is 0.0250. The van der Waals surface area contributed by atoms with Crippen molar-refractivity contribution in [3.63, 3.8) is 0 Å². The molecule has 0 bridgehead atoms. The molecule has 7 nitrogen and oxygen atoms in total. The van der Waals surface area contributed by atoms with E-state index < -0.39 is 0 Å². The molecule has 3 aromatic rings. The molecule has 0 saturated carbocycles. The second-order valence-corrected chi connectivity index (χ2v) is 7.56. The first-order valence-corrected chi connectivity index (χ1v) is 9.92. The van der Waals surface area contributed by atoms with Gasteiger partial charge in [0, 0.05) is 38.0 Å². The number of H-pyrrole nitrogens is 1. The minimum atomic E-state index is -0.204. The van der Waals surface area contributed by atoms with Gasteiger partial charge in [0.05, 0.1) is 30.0 Å². The van der Waals surface area contributed by atoms with E-state index in [1.165, 1.54) is 5.56 Å². The van der Waals surface area contributed by atoms with Crippen LogP contribution in [0, 0.1) is 6.92 Å². The van der Waals surface area contributed by atoms with Crippen molar-refractivity contribution in [2.75, 3.05) is 38.7 Å². The highest BCUT2D eigenvalue weighted by atomic mass is 16.5. The maximum absolute atomic E-state index is 12.8. The van der Waals surface area contributed by atoms with Gasteiger partial charge in [-0.1, -0.05) is 36.4 Å². The monoisotopic (exact) mass is 393 g/mol. The zero-order valence-corrected chi connectivity index (χ0v) is 16.8. The van der Waals surface area contributed by atoms with Crippen LogP contribution >= 0.6 is 0 Å². The molecule has 0 radical (unpaired) electrons. The van der Waals surface area contributed by atoms with Gasteiger partial charge in [-0.05, 0) is 24.1 Å². The lowest BCUT2D eigenvalue weighted by Gasteiger charge is -2.20. The fraction of sp³-hybridized carbons (Fsp3) is 0.364. The molecule has 0 aliphatic carbocycles. The molecule has 2 atom stereocenters. The maximum atomic E-state index is 12.8. The molecule has 1 fully saturated rings. The van der Waals surface area contributed by atoms with E-state index in [0.717, 1.165) is 41.8 Å². The number of aromatic nitrogens is 2. The number of aryl methyl sites for hydroxylation is 1. The number of methoxy groups -OCH3 is 1. The van der Waals surface area contributed by atoms with Crippen LogP contribution in [0.2, 0.25) is 0 Å². The number of urea groups is 1. The lowest BCUT2D eigenvalue weighted by atomic mass is 9.94. The van der Waals surface area contributed by atoms with Gasteiger partial charge in [0.2, 0.25) is 0 Å². The number of hydrogen-bond donors (Lipinski definition) is 3. The average molecular weight is 393 g/mol. The number of likely N-dealkylation sites (tertiary alicyclic amines) is 1. The smallest absolute Gasteiger partial charge is 0.319 e. The number of rotatable bonds is 6. The Balaban J connectivity index is 1.48. The van der Waals surface area contributed by atoms with Gasteiger partial charge in [-0.25, -0.2) is 4.79 Å². The van der Waals surface area contributed by atoms with E-state index in [-0.39, 0.29) is 18.0 Å². The van der Waals surface area contributed by atoms with Gasteiger partial charge >= 0.3 is 6.03 Å². The quantitative estimate of drug-likeness (QED) is 0.601. The van der Waals surface area contributed by atoms with E-state index in [1.807, 2.05) is 37.3 Å². The summed E-state index contributed by atoms with van der Waals surface area (Å²) in [6, 6.07) is 14.1. The third kappa shape index (κ3) is 4.26. The summed E-state index contributed by atoms with van der Waals surface area (Å²) in [5.41, 5.74) is 3.93. The first kappa shape index (κ1) is 19.4. The molecule has 7 heteroatoms. The van der Waals surface area contributed by atoms with Crippen LogP contribution < -0.4 is 10.6 Å². The van der Waals surface area contributed by atoms with Crippen LogP contribution in [-0.2, 0) is 4.74 Å². The highest BCUT2D eigenvalue weighted by Crippen LogP contribution is 2.28. The molecular weight excluding hydrogens is 366 g/mol. The molecule has 29 heavy (non-hydrogen) atoms. The standard InChI is InChI=1S/C22H27N5O2/c1-15-8-9-19(21-17(15)12-23-26-21)24-22(28)25-20-14-27(10-11-29-2)13-18(20)16-6-4-3-5-7-16/h3-9,12,18,20H,10-11,13-14H2,1-2H3,(H,23,26)(H2,24,25,28). The average Bonchev–Trinajstić information content (AvgIpc) is 3.37. The molecule has 1 aliphatic heterocycles. The largest absolute Gasteiger partial charge is 0.383 e. The van der Waals surface area contributed by atoms with Gasteiger partial charge in [-0.2, -0.15) is 5.10 Å². The molecule has 4 rings (SSSR count). The number of nitrogens with one attached hydrogen (secondary N) is 3. The van der Waals surface area contributed by atoms with Crippen LogP contribution in [0.25, 0.3) is 10.9 Å². The zero-order chi connectivity index (χ0) is 20.2. The molecule has 2 unspecified atom stereocenters. The van der Waals surface area contributed by atoms with Crippen molar-refractivity contribution >= 4 is 22.6 Å². The summed E-state index contributed by atoms with van der Waals surface area (Å²) in [7, 11) is 1.71. The molecule has 1 aliphatic rings. The number of amides is 2. The SMILES string of the molecule is COCCN1CC(NC(=O)Nc2ccc(C)c3cn[nH]c23)C(c2ccccc2)C1. The summed E-state index contributed by atoms with van der Waals surface area (Å²) in [5, 5.41) is 14.3. The van der Waals surface area contributed by atoms with Gasteiger partial charge < -0.3 is 15.4 Å². The number of nitrogens with zero attached hydrogens (tertiary/aromatic N) is 2. The van der Waals surface area contributed by atoms with Crippen LogP contribution in [-0.4, -0.2) is 60.5 Å². The Labute approximate surface area is 170 Å². The summed E-state index contributed by atoms with van der Waals surface area (Å²) in [6.07, 6.45) is 1.78. The molecule has 2 heterocycles. The molecule has 1 saturated heterocycles. The van der Waals surface area contributed by atoms with Crippen LogP contribution in [0.5, 0.6) is 0 Å². The first-order valence-electron chi connectivity index (χ1n) is 9.92. The van der Waals surface area contributed by atoms with Crippen LogP contribution in [0.3, 0.4) is 0 Å². The van der Waals surface area contributed by atoms with Gasteiger partial charge in [0.1, 0.15) is 0 Å². The fourth-order valence-electron chi connectivity index (χ4n) is 4.08. The van der Waals surface area contributed by atoms with E-state index in [2.05, 4.69) is 37.9 Å². The van der Waals surface area contributed by atoms with Crippen molar-refractivity contribution in [2.24, 2.45) is 0 Å². The highest BCUT2D eigenvalue weighted by Gasteiger charge is 2.34. The predicted molar refractivity (Wildman–Crippen MR) is 114 cm³/mol. The van der Waals surface area contributed by atoms with Crippen LogP contribution in [0.15, 0.2) is 48.7 Å². The summed E-state index contributed by atoms with van der Waals surface area (Å²) in [6.45, 7) is 5.25. The number of aromatic amines is 1. The topological polar surface area (TPSA) is 82.3 Å². The number of fused-ring (bicyclic) bond motifs is 1. The van der Waals surface area contributed by atoms with E-state index in [9.17, 15) is 4.79 Å². The van der Waals surface area contributed by atoms with E-state index in [4.69, 9.17) is 4.74 Å². The summed E-state index contributed by atoms with van der Waals surface area (Å²) in [5.74, 6) is 0.240. The summed E-state index contributed by atoms with van der Waals surface area (Å²) >= 11 is 0. The Hall–Kier alpha value is -2.90. The van der Waals surface area contributed by atoms with Gasteiger partial charge in [-0.15, -0.1) is 0 Å². The molecule has 1 aromatic heterocycles. The third-order valence-corrected chi connectivity index (χ3v) is 5.63. The second-order valence-electron chi connectivity index (χ2n) is 7.56. The predicted octanol–water partition coefficient (Wildman–Crippen LogP) is 3.11. The number of ether oxygens (including phenoxy) is 1. The number of anilines is 1. The van der Waals surface area contributed by atoms with Gasteiger partial charge in [0.25, 0.3) is 0 Å². The van der Waals surface area contributed by atoms with E-state index >= 15 is 0 Å². The fourth-order valence-corrected chi connectivity index (χ4v) is 4.08. The summed E-state index contributed by atoms with van der Waals surface area (Å²) < 4.78 is 5.23. The van der Waals surface area contributed by atoms with Crippen molar-refractivity contribution < 1.29 is 9.53 Å². The van der Waals surface area contributed by atoms with Crippen molar-refractivity contribution in [3.05, 3.63) is 59.8 Å². The number of carbonyl (C=O) groups excluding carboxylic acids is 1. The Morgan fingerprint density at radius 3 is 2.86 bits per heavy atom. The lowest BCUT2D eigenvalue weighted by Crippen LogP contribution is -2.42.